The van der Waals surface area contributed by atoms with E-state index in [4.69, 9.17) is 9.57 Å². The van der Waals surface area contributed by atoms with Gasteiger partial charge in [0.05, 0.1) is 18.8 Å². The predicted octanol–water partition coefficient (Wildman–Crippen LogP) is 4.26. The summed E-state index contributed by atoms with van der Waals surface area (Å²) in [4.78, 5) is 5.55. The maximum absolute atomic E-state index is 5.64. The molecule has 0 aliphatic heterocycles. The Morgan fingerprint density at radius 1 is 0.905 bits per heavy atom. The molecule has 3 heteroatoms. The van der Waals surface area contributed by atoms with Crippen LogP contribution in [-0.4, -0.2) is 6.10 Å². The summed E-state index contributed by atoms with van der Waals surface area (Å²) in [6, 6.07) is 18.3. The van der Waals surface area contributed by atoms with Crippen molar-refractivity contribution >= 4 is 0 Å². The van der Waals surface area contributed by atoms with Crippen molar-refractivity contribution in [3.05, 3.63) is 65.7 Å². The van der Waals surface area contributed by atoms with Crippen LogP contribution in [0.3, 0.4) is 0 Å². The van der Waals surface area contributed by atoms with Crippen molar-refractivity contribution in [2.75, 3.05) is 0 Å². The van der Waals surface area contributed by atoms with E-state index in [-0.39, 0.29) is 12.1 Å². The number of hydroxylamine groups is 1. The monoisotopic (exact) mass is 285 g/mol. The van der Waals surface area contributed by atoms with Crippen LogP contribution in [0.1, 0.15) is 37.9 Å². The minimum atomic E-state index is 0.127. The standard InChI is InChI=1S/C18H23NO2/c1-14(2)21-18-11-9-17(10-12-18)15(3)19-20-13-16-7-5-4-6-8-16/h4-12,14-15,19H,13H2,1-3H3. The molecule has 0 saturated carbocycles. The smallest absolute Gasteiger partial charge is 0.119 e. The van der Waals surface area contributed by atoms with Crippen molar-refractivity contribution in [1.29, 1.82) is 0 Å². The predicted molar refractivity (Wildman–Crippen MR) is 85.0 cm³/mol. The normalized spacial score (nSPS) is 12.4. The SMILES string of the molecule is CC(C)Oc1ccc(C(C)NOCc2ccccc2)cc1. The first-order valence-electron chi connectivity index (χ1n) is 7.33. The maximum Gasteiger partial charge on any atom is 0.119 e. The third-order valence-electron chi connectivity index (χ3n) is 3.09. The second-order valence-corrected chi connectivity index (χ2v) is 5.35. The molecule has 0 saturated heterocycles. The van der Waals surface area contributed by atoms with Gasteiger partial charge in [0.1, 0.15) is 5.75 Å². The first-order valence-corrected chi connectivity index (χ1v) is 7.33. The van der Waals surface area contributed by atoms with E-state index >= 15 is 0 Å². The summed E-state index contributed by atoms with van der Waals surface area (Å²) in [6.07, 6.45) is 0.195. The van der Waals surface area contributed by atoms with Gasteiger partial charge in [0, 0.05) is 0 Å². The molecule has 1 atom stereocenters. The summed E-state index contributed by atoms with van der Waals surface area (Å²) < 4.78 is 5.64. The van der Waals surface area contributed by atoms with Gasteiger partial charge in [0.2, 0.25) is 0 Å². The van der Waals surface area contributed by atoms with E-state index in [1.807, 2.05) is 56.3 Å². The van der Waals surface area contributed by atoms with Crippen LogP contribution in [0, 0.1) is 0 Å². The van der Waals surface area contributed by atoms with E-state index in [1.54, 1.807) is 0 Å². The van der Waals surface area contributed by atoms with Crippen LogP contribution in [-0.2, 0) is 11.4 Å². The summed E-state index contributed by atoms with van der Waals surface area (Å²) in [6.45, 7) is 6.67. The fraction of sp³-hybridized carbons (Fsp3) is 0.333. The van der Waals surface area contributed by atoms with Crippen LogP contribution in [0.25, 0.3) is 0 Å². The summed E-state index contributed by atoms with van der Waals surface area (Å²) in [5.74, 6) is 0.895. The van der Waals surface area contributed by atoms with Gasteiger partial charge in [-0.1, -0.05) is 42.5 Å². The third-order valence-corrected chi connectivity index (χ3v) is 3.09. The Labute approximate surface area is 126 Å². The number of rotatable bonds is 7. The van der Waals surface area contributed by atoms with Crippen LogP contribution in [0.15, 0.2) is 54.6 Å². The molecule has 0 aliphatic rings. The van der Waals surface area contributed by atoms with E-state index in [2.05, 4.69) is 24.5 Å². The van der Waals surface area contributed by atoms with Crippen molar-refractivity contribution in [2.24, 2.45) is 0 Å². The Morgan fingerprint density at radius 2 is 1.57 bits per heavy atom. The Kier molecular flexibility index (Phi) is 5.78. The van der Waals surface area contributed by atoms with Gasteiger partial charge in [-0.05, 0) is 44.0 Å². The Bertz CT molecular complexity index is 523. The maximum atomic E-state index is 5.64. The van der Waals surface area contributed by atoms with Crippen molar-refractivity contribution in [2.45, 2.75) is 39.5 Å². The fourth-order valence-electron chi connectivity index (χ4n) is 2.00. The zero-order chi connectivity index (χ0) is 15.1. The van der Waals surface area contributed by atoms with E-state index in [1.165, 1.54) is 5.56 Å². The fourth-order valence-corrected chi connectivity index (χ4v) is 2.00. The molecule has 0 amide bonds. The third kappa shape index (κ3) is 5.21. The van der Waals surface area contributed by atoms with E-state index in [9.17, 15) is 0 Å². The molecule has 0 fully saturated rings. The first-order chi connectivity index (χ1) is 10.1. The molecule has 1 N–H and O–H groups in total. The van der Waals surface area contributed by atoms with Crippen molar-refractivity contribution in [1.82, 2.24) is 5.48 Å². The molecular weight excluding hydrogens is 262 g/mol. The van der Waals surface area contributed by atoms with Gasteiger partial charge in [-0.25, -0.2) is 0 Å². The second-order valence-electron chi connectivity index (χ2n) is 5.35. The Balaban J connectivity index is 1.81. The lowest BCUT2D eigenvalue weighted by molar-refractivity contribution is 0.00697. The molecule has 0 bridgehead atoms. The van der Waals surface area contributed by atoms with Crippen LogP contribution in [0.4, 0.5) is 0 Å². The second kappa shape index (κ2) is 7.81. The molecule has 0 radical (unpaired) electrons. The van der Waals surface area contributed by atoms with Crippen molar-refractivity contribution < 1.29 is 9.57 Å². The zero-order valence-corrected chi connectivity index (χ0v) is 12.9. The lowest BCUT2D eigenvalue weighted by atomic mass is 10.1. The molecule has 0 heterocycles. The summed E-state index contributed by atoms with van der Waals surface area (Å²) in [5, 5.41) is 0. The number of ether oxygens (including phenoxy) is 1. The quantitative estimate of drug-likeness (QED) is 0.771. The molecule has 21 heavy (non-hydrogen) atoms. The highest BCUT2D eigenvalue weighted by atomic mass is 16.6. The Hall–Kier alpha value is -1.84. The highest BCUT2D eigenvalue weighted by molar-refractivity contribution is 5.28. The topological polar surface area (TPSA) is 30.5 Å². The number of hydrogen-bond donors (Lipinski definition) is 1. The molecule has 112 valence electrons. The minimum Gasteiger partial charge on any atom is -0.491 e. The molecular formula is C18H23NO2. The van der Waals surface area contributed by atoms with E-state index in [0.29, 0.717) is 6.61 Å². The Morgan fingerprint density at radius 3 is 2.19 bits per heavy atom. The summed E-state index contributed by atoms with van der Waals surface area (Å²) in [7, 11) is 0. The average Bonchev–Trinajstić information content (AvgIpc) is 2.48. The van der Waals surface area contributed by atoms with Crippen molar-refractivity contribution in [3.8, 4) is 5.75 Å². The van der Waals surface area contributed by atoms with Gasteiger partial charge >= 0.3 is 0 Å². The van der Waals surface area contributed by atoms with Crippen LogP contribution < -0.4 is 10.2 Å². The number of hydrogen-bond acceptors (Lipinski definition) is 3. The lowest BCUT2D eigenvalue weighted by Gasteiger charge is -2.15. The van der Waals surface area contributed by atoms with Gasteiger partial charge in [-0.2, -0.15) is 5.48 Å². The number of nitrogens with one attached hydrogen (secondary N) is 1. The zero-order valence-electron chi connectivity index (χ0n) is 12.9. The van der Waals surface area contributed by atoms with E-state index in [0.717, 1.165) is 11.3 Å². The molecule has 3 nitrogen and oxygen atoms in total. The van der Waals surface area contributed by atoms with Gasteiger partial charge in [-0.15, -0.1) is 0 Å². The minimum absolute atomic E-state index is 0.127. The van der Waals surface area contributed by atoms with Crippen LogP contribution in [0.5, 0.6) is 5.75 Å². The van der Waals surface area contributed by atoms with Crippen molar-refractivity contribution in [3.63, 3.8) is 0 Å². The van der Waals surface area contributed by atoms with Gasteiger partial charge < -0.3 is 4.74 Å². The molecule has 2 rings (SSSR count). The van der Waals surface area contributed by atoms with Crippen LogP contribution in [0.2, 0.25) is 0 Å². The molecule has 0 aromatic heterocycles. The van der Waals surface area contributed by atoms with E-state index < -0.39 is 0 Å². The number of benzene rings is 2. The lowest BCUT2D eigenvalue weighted by Crippen LogP contribution is -2.19. The average molecular weight is 285 g/mol. The summed E-state index contributed by atoms with van der Waals surface area (Å²) >= 11 is 0. The molecule has 0 spiro atoms. The highest BCUT2D eigenvalue weighted by Crippen LogP contribution is 2.18. The molecule has 1 unspecified atom stereocenters. The molecule has 2 aromatic carbocycles. The van der Waals surface area contributed by atoms with Crippen LogP contribution >= 0.6 is 0 Å². The highest BCUT2D eigenvalue weighted by Gasteiger charge is 2.06. The molecule has 2 aromatic rings. The summed E-state index contributed by atoms with van der Waals surface area (Å²) in [5.41, 5.74) is 5.38. The van der Waals surface area contributed by atoms with Gasteiger partial charge in [0.15, 0.2) is 0 Å². The van der Waals surface area contributed by atoms with Gasteiger partial charge in [0.25, 0.3) is 0 Å². The first kappa shape index (κ1) is 15.5. The van der Waals surface area contributed by atoms with Gasteiger partial charge in [-0.3, -0.25) is 4.84 Å². The largest absolute Gasteiger partial charge is 0.491 e. The molecule has 0 aliphatic carbocycles.